The molecule has 0 aromatic heterocycles. The molecule has 1 amide bonds. The maximum absolute atomic E-state index is 12.6. The third-order valence-electron chi connectivity index (χ3n) is 4.08. The Kier molecular flexibility index (Phi) is 6.69. The molecule has 3 nitrogen and oxygen atoms in total. The zero-order valence-corrected chi connectivity index (χ0v) is 12.5. The largest absolute Gasteiger partial charge is 0.340 e. The lowest BCUT2D eigenvalue weighted by atomic mass is 9.90. The van der Waals surface area contributed by atoms with Crippen LogP contribution in [0.2, 0.25) is 0 Å². The lowest BCUT2D eigenvalue weighted by molar-refractivity contribution is -0.138. The van der Waals surface area contributed by atoms with Crippen LogP contribution >= 0.6 is 0 Å². The molecule has 1 heterocycles. The molecular formula is C15H30N2O. The molecule has 0 aromatic rings. The van der Waals surface area contributed by atoms with E-state index in [-0.39, 0.29) is 5.92 Å². The van der Waals surface area contributed by atoms with Crippen LogP contribution in [0.5, 0.6) is 0 Å². The Morgan fingerprint density at radius 3 is 2.67 bits per heavy atom. The second-order valence-electron chi connectivity index (χ2n) is 5.84. The second kappa shape index (κ2) is 7.78. The predicted octanol–water partition coefficient (Wildman–Crippen LogP) is 2.66. The van der Waals surface area contributed by atoms with Crippen molar-refractivity contribution in [3.8, 4) is 0 Å². The number of nitrogens with one attached hydrogen (secondary N) is 1. The molecule has 3 heteroatoms. The van der Waals surface area contributed by atoms with Crippen molar-refractivity contribution in [1.29, 1.82) is 0 Å². The highest BCUT2D eigenvalue weighted by molar-refractivity contribution is 5.79. The van der Waals surface area contributed by atoms with Crippen molar-refractivity contribution in [2.24, 2.45) is 11.8 Å². The van der Waals surface area contributed by atoms with Gasteiger partial charge in [-0.05, 0) is 38.6 Å². The summed E-state index contributed by atoms with van der Waals surface area (Å²) in [5, 5.41) is 3.39. The molecule has 0 aliphatic carbocycles. The van der Waals surface area contributed by atoms with E-state index in [1.165, 1.54) is 0 Å². The third kappa shape index (κ3) is 4.27. The summed E-state index contributed by atoms with van der Waals surface area (Å²) in [6.45, 7) is 11.6. The van der Waals surface area contributed by atoms with Crippen LogP contribution in [-0.4, -0.2) is 36.5 Å². The van der Waals surface area contributed by atoms with Gasteiger partial charge in [0.2, 0.25) is 5.91 Å². The van der Waals surface area contributed by atoms with Crippen molar-refractivity contribution in [2.75, 3.05) is 19.6 Å². The Balaban J connectivity index is 2.62. The Hall–Kier alpha value is -0.570. The highest BCUT2D eigenvalue weighted by Crippen LogP contribution is 2.20. The summed E-state index contributed by atoms with van der Waals surface area (Å²) >= 11 is 0. The van der Waals surface area contributed by atoms with Crippen molar-refractivity contribution < 1.29 is 4.79 Å². The fourth-order valence-electron chi connectivity index (χ4n) is 2.68. The molecule has 3 unspecified atom stereocenters. The maximum Gasteiger partial charge on any atom is 0.227 e. The number of carbonyl (C=O) groups is 1. The van der Waals surface area contributed by atoms with E-state index in [1.807, 2.05) is 0 Å². The topological polar surface area (TPSA) is 32.3 Å². The number of piperidine rings is 1. The van der Waals surface area contributed by atoms with Crippen molar-refractivity contribution >= 4 is 5.91 Å². The predicted molar refractivity (Wildman–Crippen MR) is 76.5 cm³/mol. The average Bonchev–Trinajstić information content (AvgIpc) is 2.38. The van der Waals surface area contributed by atoms with Crippen LogP contribution < -0.4 is 5.32 Å². The van der Waals surface area contributed by atoms with E-state index in [1.54, 1.807) is 0 Å². The minimum absolute atomic E-state index is 0.194. The van der Waals surface area contributed by atoms with Crippen LogP contribution in [0.3, 0.4) is 0 Å². The molecule has 3 atom stereocenters. The van der Waals surface area contributed by atoms with E-state index in [0.29, 0.717) is 17.9 Å². The fraction of sp³-hybridized carbons (Fsp3) is 0.933. The number of hydrogen-bond acceptors (Lipinski definition) is 2. The summed E-state index contributed by atoms with van der Waals surface area (Å²) < 4.78 is 0. The van der Waals surface area contributed by atoms with Gasteiger partial charge in [0.05, 0.1) is 5.92 Å². The minimum atomic E-state index is 0.194. The van der Waals surface area contributed by atoms with Crippen molar-refractivity contribution in [3.05, 3.63) is 0 Å². The number of amides is 1. The van der Waals surface area contributed by atoms with Gasteiger partial charge in [0.1, 0.15) is 0 Å². The molecule has 1 fully saturated rings. The van der Waals surface area contributed by atoms with Gasteiger partial charge in [-0.15, -0.1) is 0 Å². The van der Waals surface area contributed by atoms with E-state index in [2.05, 4.69) is 37.9 Å². The molecule has 0 spiro atoms. The Morgan fingerprint density at radius 1 is 1.39 bits per heavy atom. The van der Waals surface area contributed by atoms with E-state index >= 15 is 0 Å². The van der Waals surface area contributed by atoms with Crippen molar-refractivity contribution in [2.45, 2.75) is 59.4 Å². The summed E-state index contributed by atoms with van der Waals surface area (Å²) in [5.74, 6) is 1.19. The van der Waals surface area contributed by atoms with Gasteiger partial charge < -0.3 is 10.2 Å². The monoisotopic (exact) mass is 254 g/mol. The molecule has 0 radical (unpaired) electrons. The van der Waals surface area contributed by atoms with Gasteiger partial charge in [-0.1, -0.05) is 27.2 Å². The van der Waals surface area contributed by atoms with Crippen LogP contribution in [0, 0.1) is 11.8 Å². The van der Waals surface area contributed by atoms with E-state index in [4.69, 9.17) is 0 Å². The number of hydrogen-bond donors (Lipinski definition) is 1. The highest BCUT2D eigenvalue weighted by Gasteiger charge is 2.29. The normalized spacial score (nSPS) is 25.8. The number of nitrogens with zero attached hydrogens (tertiary/aromatic N) is 1. The van der Waals surface area contributed by atoms with Crippen molar-refractivity contribution in [1.82, 2.24) is 10.2 Å². The molecule has 1 rings (SSSR count). The quantitative estimate of drug-likeness (QED) is 0.790. The fourth-order valence-corrected chi connectivity index (χ4v) is 2.68. The van der Waals surface area contributed by atoms with Crippen molar-refractivity contribution in [3.63, 3.8) is 0 Å². The zero-order chi connectivity index (χ0) is 13.5. The summed E-state index contributed by atoms with van der Waals surface area (Å²) in [6.07, 6.45) is 4.36. The number of rotatable bonds is 6. The maximum atomic E-state index is 12.6. The summed E-state index contributed by atoms with van der Waals surface area (Å²) in [4.78, 5) is 14.8. The molecule has 0 aromatic carbocycles. The molecular weight excluding hydrogens is 224 g/mol. The van der Waals surface area contributed by atoms with E-state index in [0.717, 1.165) is 45.3 Å². The van der Waals surface area contributed by atoms with Crippen LogP contribution in [0.25, 0.3) is 0 Å². The molecule has 1 aliphatic rings. The second-order valence-corrected chi connectivity index (χ2v) is 5.84. The van der Waals surface area contributed by atoms with Crippen LogP contribution in [0.15, 0.2) is 0 Å². The average molecular weight is 254 g/mol. The lowest BCUT2D eigenvalue weighted by Gasteiger charge is -2.35. The van der Waals surface area contributed by atoms with Gasteiger partial charge >= 0.3 is 0 Å². The standard InChI is InChI=1S/C15H30N2O/c1-5-7-8-17(13(4)6-2)15(18)14-9-12(3)10-16-11-14/h12-14,16H,5-11H2,1-4H3. The van der Waals surface area contributed by atoms with E-state index in [9.17, 15) is 4.79 Å². The number of carbonyl (C=O) groups excluding carboxylic acids is 1. The highest BCUT2D eigenvalue weighted by atomic mass is 16.2. The first-order valence-electron chi connectivity index (χ1n) is 7.61. The first kappa shape index (κ1) is 15.5. The molecule has 1 N–H and O–H groups in total. The van der Waals surface area contributed by atoms with Crippen LogP contribution in [0.4, 0.5) is 0 Å². The smallest absolute Gasteiger partial charge is 0.227 e. The van der Waals surface area contributed by atoms with Gasteiger partial charge in [0, 0.05) is 19.1 Å². The Bertz CT molecular complexity index is 255. The molecule has 0 saturated carbocycles. The van der Waals surface area contributed by atoms with Gasteiger partial charge in [-0.2, -0.15) is 0 Å². The first-order valence-corrected chi connectivity index (χ1v) is 7.61. The van der Waals surface area contributed by atoms with Crippen LogP contribution in [0.1, 0.15) is 53.4 Å². The van der Waals surface area contributed by atoms with E-state index < -0.39 is 0 Å². The van der Waals surface area contributed by atoms with Gasteiger partial charge in [0.25, 0.3) is 0 Å². The summed E-state index contributed by atoms with van der Waals surface area (Å²) in [5.41, 5.74) is 0. The van der Waals surface area contributed by atoms with Gasteiger partial charge in [-0.25, -0.2) is 0 Å². The molecule has 106 valence electrons. The zero-order valence-electron chi connectivity index (χ0n) is 12.5. The Morgan fingerprint density at radius 2 is 2.11 bits per heavy atom. The molecule has 1 aliphatic heterocycles. The third-order valence-corrected chi connectivity index (χ3v) is 4.08. The Labute approximate surface area is 112 Å². The molecule has 1 saturated heterocycles. The summed E-state index contributed by atoms with van der Waals surface area (Å²) in [7, 11) is 0. The van der Waals surface area contributed by atoms with Gasteiger partial charge in [0.15, 0.2) is 0 Å². The molecule has 0 bridgehead atoms. The van der Waals surface area contributed by atoms with Crippen LogP contribution in [-0.2, 0) is 4.79 Å². The number of unbranched alkanes of at least 4 members (excludes halogenated alkanes) is 1. The minimum Gasteiger partial charge on any atom is -0.340 e. The first-order chi connectivity index (χ1) is 8.60. The molecule has 18 heavy (non-hydrogen) atoms. The summed E-state index contributed by atoms with van der Waals surface area (Å²) in [6, 6.07) is 0.376. The lowest BCUT2D eigenvalue weighted by Crippen LogP contribution is -2.48. The van der Waals surface area contributed by atoms with Gasteiger partial charge in [-0.3, -0.25) is 4.79 Å². The SMILES string of the molecule is CCCCN(C(=O)C1CNCC(C)C1)C(C)CC.